The Kier molecular flexibility index (Phi) is 7.78. The summed E-state index contributed by atoms with van der Waals surface area (Å²) in [6, 6.07) is 64.4. The number of anilines is 5. The fourth-order valence-corrected chi connectivity index (χ4v) is 10.2. The van der Waals surface area contributed by atoms with Gasteiger partial charge in [0.2, 0.25) is 0 Å². The van der Waals surface area contributed by atoms with Gasteiger partial charge in [0.15, 0.2) is 0 Å². The minimum Gasteiger partial charge on any atom is -0.312 e. The van der Waals surface area contributed by atoms with Crippen LogP contribution in [0.25, 0.3) is 27.8 Å². The minimum atomic E-state index is -0.158. The predicted octanol–water partition coefficient (Wildman–Crippen LogP) is 14.3. The fourth-order valence-electron chi connectivity index (χ4n) is 8.93. The quantitative estimate of drug-likeness (QED) is 0.122. The molecule has 7 aromatic rings. The summed E-state index contributed by atoms with van der Waals surface area (Å²) < 4.78 is -0.158. The Morgan fingerprint density at radius 2 is 1.06 bits per heavy atom. The van der Waals surface area contributed by atoms with E-state index in [9.17, 15) is 0 Å². The van der Waals surface area contributed by atoms with Gasteiger partial charge in [-0.25, -0.2) is 0 Å². The average molecular weight is 807 g/mol. The zero-order valence-electron chi connectivity index (χ0n) is 30.4. The van der Waals surface area contributed by atoms with E-state index in [1.165, 1.54) is 67.2 Å². The lowest BCUT2D eigenvalue weighted by Crippen LogP contribution is -2.25. The van der Waals surface area contributed by atoms with E-state index >= 15 is 0 Å². The standard InChI is InChI=1S/C51H39IN2/c1-50(2)45-18-10-9-17-43(45)44-31-30-42(33-47(44)50)53(40-26-21-36(22-27-40)35-13-5-3-6-14-35)41-28-23-37(24-29-41)38-25-32-49-51(52,34-38)46-19-11-12-20-48(46)54(49)39-15-7-4-8-16-39/h3-33H,34H2,1-2H3. The summed E-state index contributed by atoms with van der Waals surface area (Å²) in [6.07, 6.45) is 5.60. The third-order valence-electron chi connectivity index (χ3n) is 11.7. The number of allylic oxidation sites excluding steroid dienone is 4. The number of halogens is 1. The Labute approximate surface area is 331 Å². The van der Waals surface area contributed by atoms with Gasteiger partial charge < -0.3 is 9.80 Å². The van der Waals surface area contributed by atoms with Gasteiger partial charge in [-0.2, -0.15) is 0 Å². The van der Waals surface area contributed by atoms with Gasteiger partial charge in [0, 0.05) is 33.9 Å². The fraction of sp³-hybridized carbons (Fsp3) is 0.0980. The summed E-state index contributed by atoms with van der Waals surface area (Å²) in [5.74, 6) is 0. The summed E-state index contributed by atoms with van der Waals surface area (Å²) in [6.45, 7) is 4.71. The van der Waals surface area contributed by atoms with Crippen LogP contribution in [0.1, 0.15) is 42.5 Å². The molecule has 1 heterocycles. The van der Waals surface area contributed by atoms with Crippen LogP contribution in [0.4, 0.5) is 28.4 Å². The van der Waals surface area contributed by atoms with Crippen molar-refractivity contribution < 1.29 is 0 Å². The molecule has 7 aromatic carbocycles. The molecule has 1 unspecified atom stereocenters. The number of para-hydroxylation sites is 2. The highest BCUT2D eigenvalue weighted by molar-refractivity contribution is 14.1. The van der Waals surface area contributed by atoms with Crippen LogP contribution in [-0.2, 0) is 8.84 Å². The summed E-state index contributed by atoms with van der Waals surface area (Å²) in [5, 5.41) is 0. The van der Waals surface area contributed by atoms with Crippen molar-refractivity contribution in [2.24, 2.45) is 0 Å². The molecule has 1 aliphatic heterocycles. The highest BCUT2D eigenvalue weighted by atomic mass is 127. The van der Waals surface area contributed by atoms with Crippen LogP contribution >= 0.6 is 22.6 Å². The zero-order valence-corrected chi connectivity index (χ0v) is 32.5. The number of hydrogen-bond donors (Lipinski definition) is 0. The van der Waals surface area contributed by atoms with E-state index in [2.05, 4.69) is 234 Å². The van der Waals surface area contributed by atoms with E-state index in [-0.39, 0.29) is 8.84 Å². The maximum Gasteiger partial charge on any atom is 0.0934 e. The zero-order chi connectivity index (χ0) is 36.4. The van der Waals surface area contributed by atoms with Gasteiger partial charge in [-0.05, 0) is 117 Å². The monoisotopic (exact) mass is 806 g/mol. The number of hydrogen-bond acceptors (Lipinski definition) is 2. The highest BCUT2D eigenvalue weighted by Crippen LogP contribution is 2.60. The van der Waals surface area contributed by atoms with Crippen LogP contribution in [0.2, 0.25) is 0 Å². The summed E-state index contributed by atoms with van der Waals surface area (Å²) in [5.41, 5.74) is 19.0. The van der Waals surface area contributed by atoms with Crippen molar-refractivity contribution in [2.75, 3.05) is 9.80 Å². The second-order valence-corrected chi connectivity index (χ2v) is 16.9. The van der Waals surface area contributed by atoms with E-state index in [4.69, 9.17) is 0 Å². The van der Waals surface area contributed by atoms with Gasteiger partial charge in [0.25, 0.3) is 0 Å². The molecule has 0 N–H and O–H groups in total. The van der Waals surface area contributed by atoms with E-state index in [1.54, 1.807) is 0 Å². The molecule has 0 fully saturated rings. The summed E-state index contributed by atoms with van der Waals surface area (Å²) in [7, 11) is 0. The number of fused-ring (bicyclic) bond motifs is 6. The third kappa shape index (κ3) is 5.20. The Balaban J connectivity index is 1.04. The van der Waals surface area contributed by atoms with Gasteiger partial charge in [0.05, 0.1) is 9.11 Å². The van der Waals surface area contributed by atoms with E-state index < -0.39 is 0 Å². The van der Waals surface area contributed by atoms with Crippen molar-refractivity contribution in [3.63, 3.8) is 0 Å². The molecule has 1 atom stereocenters. The Morgan fingerprint density at radius 3 is 1.78 bits per heavy atom. The van der Waals surface area contributed by atoms with E-state index in [1.807, 2.05) is 0 Å². The molecule has 0 aromatic heterocycles. The van der Waals surface area contributed by atoms with Crippen LogP contribution in [0.3, 0.4) is 0 Å². The first-order chi connectivity index (χ1) is 26.4. The molecule has 0 bridgehead atoms. The second kappa shape index (κ2) is 12.7. The number of benzene rings is 7. The minimum absolute atomic E-state index is 0.0845. The lowest BCUT2D eigenvalue weighted by Gasteiger charge is -2.32. The van der Waals surface area contributed by atoms with Gasteiger partial charge in [-0.1, -0.05) is 164 Å². The van der Waals surface area contributed by atoms with Crippen molar-refractivity contribution in [1.29, 1.82) is 0 Å². The lowest BCUT2D eigenvalue weighted by molar-refractivity contribution is 0.660. The van der Waals surface area contributed by atoms with Crippen molar-refractivity contribution in [2.45, 2.75) is 29.1 Å². The first kappa shape index (κ1) is 33.0. The SMILES string of the molecule is CC1(C)c2ccccc2-c2ccc(N(c3ccc(C4=CC=C5N(c6ccccc6)c6ccccc6C5(I)C4)cc3)c3ccc(-c4ccccc4)cc3)cc21. The van der Waals surface area contributed by atoms with Crippen molar-refractivity contribution >= 4 is 56.6 Å². The predicted molar refractivity (Wildman–Crippen MR) is 236 cm³/mol. The number of nitrogens with zero attached hydrogens (tertiary/aromatic N) is 2. The molecule has 2 nitrogen and oxygen atoms in total. The van der Waals surface area contributed by atoms with Crippen molar-refractivity contribution in [3.8, 4) is 22.3 Å². The van der Waals surface area contributed by atoms with E-state index in [0.717, 1.165) is 23.5 Å². The number of alkyl halides is 1. The molecule has 0 radical (unpaired) electrons. The highest BCUT2D eigenvalue weighted by Gasteiger charge is 2.47. The molecule has 54 heavy (non-hydrogen) atoms. The first-order valence-corrected chi connectivity index (χ1v) is 19.8. The molecule has 0 amide bonds. The van der Waals surface area contributed by atoms with Crippen LogP contribution in [0, 0.1) is 0 Å². The molecule has 260 valence electrons. The second-order valence-electron chi connectivity index (χ2n) is 15.1. The van der Waals surface area contributed by atoms with Crippen molar-refractivity contribution in [1.82, 2.24) is 0 Å². The molecule has 10 rings (SSSR count). The van der Waals surface area contributed by atoms with Crippen molar-refractivity contribution in [3.05, 3.63) is 216 Å². The Hall–Kier alpha value is -5.65. The topological polar surface area (TPSA) is 6.48 Å². The first-order valence-electron chi connectivity index (χ1n) is 18.8. The smallest absolute Gasteiger partial charge is 0.0934 e. The van der Waals surface area contributed by atoms with Gasteiger partial charge >= 0.3 is 0 Å². The molecule has 0 saturated carbocycles. The Morgan fingerprint density at radius 1 is 0.500 bits per heavy atom. The molecule has 0 spiro atoms. The van der Waals surface area contributed by atoms with Gasteiger partial charge in [0.1, 0.15) is 0 Å². The normalized spacial score (nSPS) is 17.5. The van der Waals surface area contributed by atoms with Crippen LogP contribution in [0.5, 0.6) is 0 Å². The maximum atomic E-state index is 2.72. The van der Waals surface area contributed by atoms with E-state index in [0.29, 0.717) is 0 Å². The van der Waals surface area contributed by atoms with Crippen LogP contribution < -0.4 is 9.80 Å². The molecular formula is C51H39IN2. The van der Waals surface area contributed by atoms with Crippen LogP contribution in [0.15, 0.2) is 194 Å². The van der Waals surface area contributed by atoms with Gasteiger partial charge in [-0.15, -0.1) is 0 Å². The largest absolute Gasteiger partial charge is 0.312 e. The maximum absolute atomic E-state index is 2.72. The molecule has 3 heteroatoms. The van der Waals surface area contributed by atoms with Crippen LogP contribution in [-0.4, -0.2) is 0 Å². The summed E-state index contributed by atoms with van der Waals surface area (Å²) >= 11 is 2.72. The molecule has 2 aliphatic carbocycles. The third-order valence-corrected chi connectivity index (χ3v) is 13.2. The number of rotatable bonds is 6. The molecule has 0 saturated heterocycles. The average Bonchev–Trinajstić information content (AvgIpc) is 3.62. The molecule has 3 aliphatic rings. The molecular weight excluding hydrogens is 767 g/mol. The van der Waals surface area contributed by atoms with Gasteiger partial charge in [-0.3, -0.25) is 0 Å². The summed E-state index contributed by atoms with van der Waals surface area (Å²) in [4.78, 5) is 4.85. The Bertz CT molecular complexity index is 2600. The lowest BCUT2D eigenvalue weighted by atomic mass is 9.82.